The lowest BCUT2D eigenvalue weighted by Crippen LogP contribution is -2.45. The number of benzene rings is 1. The van der Waals surface area contributed by atoms with E-state index in [1.165, 1.54) is 0 Å². The summed E-state index contributed by atoms with van der Waals surface area (Å²) in [4.78, 5) is 14.3. The number of rotatable bonds is 5. The van der Waals surface area contributed by atoms with Crippen LogP contribution in [-0.2, 0) is 4.79 Å². The van der Waals surface area contributed by atoms with Crippen LogP contribution in [0.5, 0.6) is 0 Å². The lowest BCUT2D eigenvalue weighted by Gasteiger charge is -2.30. The summed E-state index contributed by atoms with van der Waals surface area (Å²) in [5.41, 5.74) is 6.89. The van der Waals surface area contributed by atoms with Gasteiger partial charge < -0.3 is 15.7 Å². The molecule has 0 heterocycles. The van der Waals surface area contributed by atoms with E-state index >= 15 is 0 Å². The van der Waals surface area contributed by atoms with Gasteiger partial charge in [0.25, 0.3) is 0 Å². The van der Waals surface area contributed by atoms with E-state index in [0.29, 0.717) is 6.54 Å². The largest absolute Gasteiger partial charge is 0.395 e. The van der Waals surface area contributed by atoms with Crippen LogP contribution in [-0.4, -0.2) is 35.1 Å². The average Bonchev–Trinajstić information content (AvgIpc) is 2.98. The highest BCUT2D eigenvalue weighted by Crippen LogP contribution is 2.25. The van der Waals surface area contributed by atoms with Crippen molar-refractivity contribution < 1.29 is 9.90 Å². The van der Waals surface area contributed by atoms with Gasteiger partial charge in [-0.25, -0.2) is 0 Å². The number of nitrogens with zero attached hydrogens (tertiary/aromatic N) is 1. The first kappa shape index (κ1) is 14.0. The third-order valence-electron chi connectivity index (χ3n) is 3.81. The third-order valence-corrected chi connectivity index (χ3v) is 3.81. The number of aliphatic hydroxyl groups is 1. The van der Waals surface area contributed by atoms with Crippen molar-refractivity contribution in [3.05, 3.63) is 35.9 Å². The van der Waals surface area contributed by atoms with E-state index in [2.05, 4.69) is 0 Å². The molecule has 1 aromatic carbocycles. The van der Waals surface area contributed by atoms with Gasteiger partial charge in [-0.1, -0.05) is 43.2 Å². The smallest absolute Gasteiger partial charge is 0.244 e. The number of nitrogens with two attached hydrogens (primary N) is 1. The van der Waals surface area contributed by atoms with Crippen molar-refractivity contribution in [1.29, 1.82) is 0 Å². The van der Waals surface area contributed by atoms with E-state index in [9.17, 15) is 4.79 Å². The molecule has 1 unspecified atom stereocenters. The molecular formula is C15H22N2O2. The van der Waals surface area contributed by atoms with Crippen LogP contribution in [0.4, 0.5) is 0 Å². The van der Waals surface area contributed by atoms with Crippen LogP contribution in [0, 0.1) is 0 Å². The molecule has 1 amide bonds. The quantitative estimate of drug-likeness (QED) is 0.844. The SMILES string of the molecule is NC(C(=O)N(CCO)C1CCCC1)c1ccccc1. The zero-order valence-electron chi connectivity index (χ0n) is 11.2. The van der Waals surface area contributed by atoms with Crippen molar-refractivity contribution in [3.8, 4) is 0 Å². The van der Waals surface area contributed by atoms with Crippen LogP contribution >= 0.6 is 0 Å². The molecule has 0 aromatic heterocycles. The Morgan fingerprint density at radius 1 is 1.32 bits per heavy atom. The van der Waals surface area contributed by atoms with E-state index < -0.39 is 6.04 Å². The number of aliphatic hydroxyl groups excluding tert-OH is 1. The number of carbonyl (C=O) groups is 1. The maximum Gasteiger partial charge on any atom is 0.244 e. The normalized spacial score (nSPS) is 17.4. The minimum Gasteiger partial charge on any atom is -0.395 e. The van der Waals surface area contributed by atoms with Gasteiger partial charge in [0.15, 0.2) is 0 Å². The maximum absolute atomic E-state index is 12.5. The zero-order chi connectivity index (χ0) is 13.7. The molecule has 4 heteroatoms. The Bertz CT molecular complexity index is 402. The van der Waals surface area contributed by atoms with E-state index in [1.54, 1.807) is 4.90 Å². The van der Waals surface area contributed by atoms with Crippen LogP contribution in [0.3, 0.4) is 0 Å². The van der Waals surface area contributed by atoms with E-state index in [0.717, 1.165) is 31.2 Å². The summed E-state index contributed by atoms with van der Waals surface area (Å²) >= 11 is 0. The molecule has 104 valence electrons. The van der Waals surface area contributed by atoms with Crippen molar-refractivity contribution in [1.82, 2.24) is 4.90 Å². The van der Waals surface area contributed by atoms with Crippen LogP contribution in [0.25, 0.3) is 0 Å². The summed E-state index contributed by atoms with van der Waals surface area (Å²) in [6.45, 7) is 0.369. The van der Waals surface area contributed by atoms with E-state index in [4.69, 9.17) is 10.8 Å². The topological polar surface area (TPSA) is 66.6 Å². The summed E-state index contributed by atoms with van der Waals surface area (Å²) < 4.78 is 0. The summed E-state index contributed by atoms with van der Waals surface area (Å²) in [5.74, 6) is -0.0767. The Balaban J connectivity index is 2.10. The van der Waals surface area contributed by atoms with Gasteiger partial charge in [-0.15, -0.1) is 0 Å². The molecule has 1 aliphatic carbocycles. The van der Waals surface area contributed by atoms with Crippen LogP contribution < -0.4 is 5.73 Å². The van der Waals surface area contributed by atoms with Crippen LogP contribution in [0.15, 0.2) is 30.3 Å². The van der Waals surface area contributed by atoms with E-state index in [1.807, 2.05) is 30.3 Å². The fourth-order valence-electron chi connectivity index (χ4n) is 2.78. The van der Waals surface area contributed by atoms with Crippen LogP contribution in [0.1, 0.15) is 37.3 Å². The van der Waals surface area contributed by atoms with Gasteiger partial charge in [0.05, 0.1) is 6.61 Å². The van der Waals surface area contributed by atoms with Crippen molar-refractivity contribution >= 4 is 5.91 Å². The first-order chi connectivity index (χ1) is 9.24. The molecule has 1 aromatic rings. The molecule has 0 bridgehead atoms. The van der Waals surface area contributed by atoms with Gasteiger partial charge in [0, 0.05) is 12.6 Å². The highest BCUT2D eigenvalue weighted by atomic mass is 16.3. The molecule has 1 atom stereocenters. The van der Waals surface area contributed by atoms with Crippen molar-refractivity contribution in [2.45, 2.75) is 37.8 Å². The Hall–Kier alpha value is -1.39. The standard InChI is InChI=1S/C15H22N2O2/c16-14(12-6-2-1-3-7-12)15(19)17(10-11-18)13-8-4-5-9-13/h1-3,6-7,13-14,18H,4-5,8-11,16H2. The monoisotopic (exact) mass is 262 g/mol. The molecule has 1 aliphatic rings. The first-order valence-electron chi connectivity index (χ1n) is 6.96. The summed E-state index contributed by atoms with van der Waals surface area (Å²) in [7, 11) is 0. The number of amides is 1. The maximum atomic E-state index is 12.5. The summed E-state index contributed by atoms with van der Waals surface area (Å²) in [5, 5.41) is 9.16. The second-order valence-electron chi connectivity index (χ2n) is 5.08. The van der Waals surface area contributed by atoms with Crippen LogP contribution in [0.2, 0.25) is 0 Å². The molecule has 4 nitrogen and oxygen atoms in total. The number of hydrogen-bond acceptors (Lipinski definition) is 3. The Labute approximate surface area is 114 Å². The highest BCUT2D eigenvalue weighted by molar-refractivity contribution is 5.83. The van der Waals surface area contributed by atoms with Gasteiger partial charge in [0.1, 0.15) is 6.04 Å². The first-order valence-corrected chi connectivity index (χ1v) is 6.96. The van der Waals surface area contributed by atoms with Gasteiger partial charge in [-0.2, -0.15) is 0 Å². The predicted octanol–water partition coefficient (Wildman–Crippen LogP) is 1.45. The van der Waals surface area contributed by atoms with Gasteiger partial charge >= 0.3 is 0 Å². The molecule has 0 aliphatic heterocycles. The lowest BCUT2D eigenvalue weighted by atomic mass is 10.1. The van der Waals surface area contributed by atoms with Crippen molar-refractivity contribution in [3.63, 3.8) is 0 Å². The minimum absolute atomic E-state index is 0.0102. The summed E-state index contributed by atoms with van der Waals surface area (Å²) in [6.07, 6.45) is 4.35. The third kappa shape index (κ3) is 3.33. The lowest BCUT2D eigenvalue weighted by molar-refractivity contribution is -0.135. The summed E-state index contributed by atoms with van der Waals surface area (Å²) in [6, 6.07) is 9.03. The average molecular weight is 262 g/mol. The second-order valence-corrected chi connectivity index (χ2v) is 5.08. The molecular weight excluding hydrogens is 240 g/mol. The molecule has 0 spiro atoms. The molecule has 19 heavy (non-hydrogen) atoms. The number of carbonyl (C=O) groups excluding carboxylic acids is 1. The van der Waals surface area contributed by atoms with Gasteiger partial charge in [-0.3, -0.25) is 4.79 Å². The van der Waals surface area contributed by atoms with Crippen molar-refractivity contribution in [2.24, 2.45) is 5.73 Å². The van der Waals surface area contributed by atoms with Crippen molar-refractivity contribution in [2.75, 3.05) is 13.2 Å². The Morgan fingerprint density at radius 3 is 2.53 bits per heavy atom. The molecule has 0 saturated heterocycles. The fraction of sp³-hybridized carbons (Fsp3) is 0.533. The molecule has 2 rings (SSSR count). The Kier molecular flexibility index (Phi) is 4.93. The van der Waals surface area contributed by atoms with Gasteiger partial charge in [-0.05, 0) is 18.4 Å². The zero-order valence-corrected chi connectivity index (χ0v) is 11.2. The predicted molar refractivity (Wildman–Crippen MR) is 74.4 cm³/mol. The fourth-order valence-corrected chi connectivity index (χ4v) is 2.78. The molecule has 1 fully saturated rings. The van der Waals surface area contributed by atoms with E-state index in [-0.39, 0.29) is 18.6 Å². The minimum atomic E-state index is -0.631. The second kappa shape index (κ2) is 6.68. The highest BCUT2D eigenvalue weighted by Gasteiger charge is 2.29. The van der Waals surface area contributed by atoms with Gasteiger partial charge in [0.2, 0.25) is 5.91 Å². The molecule has 0 radical (unpaired) electrons. The molecule has 3 N–H and O–H groups in total. The molecule has 1 saturated carbocycles. The Morgan fingerprint density at radius 2 is 1.95 bits per heavy atom. The number of hydrogen-bond donors (Lipinski definition) is 2.